The molecule has 0 spiro atoms. The SMILES string of the molecule is CC(c1cc(-c2cnc3c(n2)c(-c2cnn(C(=O)N(C)C)c2)cn3C(=O)O)cc(N2CCCC2C)c1)N(C)C. The summed E-state index contributed by atoms with van der Waals surface area (Å²) >= 11 is 0. The second-order valence-electron chi connectivity index (χ2n) is 10.6. The third-order valence-electron chi connectivity index (χ3n) is 7.55. The van der Waals surface area contributed by atoms with Gasteiger partial charge in [-0.15, -0.1) is 0 Å². The number of rotatable bonds is 5. The van der Waals surface area contributed by atoms with Gasteiger partial charge in [0.15, 0.2) is 5.65 Å². The molecule has 2 unspecified atom stereocenters. The summed E-state index contributed by atoms with van der Waals surface area (Å²) in [6.45, 7) is 5.43. The summed E-state index contributed by atoms with van der Waals surface area (Å²) in [6.07, 6.45) is 7.35. The quantitative estimate of drug-likeness (QED) is 0.398. The highest BCUT2D eigenvalue weighted by Crippen LogP contribution is 2.35. The third-order valence-corrected chi connectivity index (χ3v) is 7.55. The lowest BCUT2D eigenvalue weighted by Crippen LogP contribution is -2.27. The first-order valence-electron chi connectivity index (χ1n) is 13.0. The summed E-state index contributed by atoms with van der Waals surface area (Å²) < 4.78 is 2.26. The fraction of sp³-hybridized carbons (Fsp3) is 0.393. The molecule has 4 heterocycles. The standard InChI is InChI=1S/C28H34N8O3/c1-17-8-7-9-34(17)22-11-19(18(2)32(3)4)10-20(12-22)24-14-29-26-25(31-24)23(16-35(26)28(38)39)21-13-30-36(15-21)27(37)33(5)6/h10-18H,7-9H2,1-6H3,(H,38,39). The monoisotopic (exact) mass is 530 g/mol. The maximum Gasteiger partial charge on any atom is 0.417 e. The van der Waals surface area contributed by atoms with Gasteiger partial charge in [0, 0.05) is 67.5 Å². The predicted molar refractivity (Wildman–Crippen MR) is 150 cm³/mol. The van der Waals surface area contributed by atoms with Crippen molar-refractivity contribution >= 4 is 29.0 Å². The Morgan fingerprint density at radius 1 is 1.08 bits per heavy atom. The molecule has 0 bridgehead atoms. The van der Waals surface area contributed by atoms with Crippen molar-refractivity contribution in [1.82, 2.24) is 34.1 Å². The smallest absolute Gasteiger partial charge is 0.417 e. The third kappa shape index (κ3) is 4.85. The van der Waals surface area contributed by atoms with Crippen molar-refractivity contribution in [3.63, 3.8) is 0 Å². The lowest BCUT2D eigenvalue weighted by molar-refractivity contribution is 0.197. The van der Waals surface area contributed by atoms with Crippen molar-refractivity contribution in [3.8, 4) is 22.4 Å². The Morgan fingerprint density at radius 3 is 2.49 bits per heavy atom. The largest absolute Gasteiger partial charge is 0.464 e. The number of carbonyl (C=O) groups is 2. The summed E-state index contributed by atoms with van der Waals surface area (Å²) in [5.41, 5.74) is 5.62. The van der Waals surface area contributed by atoms with Gasteiger partial charge in [-0.2, -0.15) is 9.78 Å². The molecular formula is C28H34N8O3. The molecule has 1 aromatic carbocycles. The Bertz CT molecular complexity index is 1550. The molecule has 1 aliphatic heterocycles. The van der Waals surface area contributed by atoms with Gasteiger partial charge >= 0.3 is 12.1 Å². The minimum Gasteiger partial charge on any atom is -0.464 e. The fourth-order valence-electron chi connectivity index (χ4n) is 5.06. The van der Waals surface area contributed by atoms with E-state index in [0.29, 0.717) is 28.4 Å². The molecule has 1 N–H and O–H groups in total. The minimum atomic E-state index is -1.17. The lowest BCUT2D eigenvalue weighted by Gasteiger charge is -2.27. The number of aromatic nitrogens is 5. The molecule has 11 heteroatoms. The van der Waals surface area contributed by atoms with Crippen molar-refractivity contribution in [2.24, 2.45) is 0 Å². The predicted octanol–water partition coefficient (Wildman–Crippen LogP) is 4.63. The number of nitrogens with zero attached hydrogens (tertiary/aromatic N) is 8. The van der Waals surface area contributed by atoms with E-state index in [1.54, 1.807) is 26.5 Å². The van der Waals surface area contributed by atoms with Crippen LogP contribution in [0.3, 0.4) is 0 Å². The lowest BCUT2D eigenvalue weighted by atomic mass is 10.0. The van der Waals surface area contributed by atoms with Gasteiger partial charge in [-0.25, -0.2) is 24.1 Å². The van der Waals surface area contributed by atoms with Crippen molar-refractivity contribution in [3.05, 3.63) is 48.5 Å². The molecule has 0 saturated carbocycles. The van der Waals surface area contributed by atoms with E-state index < -0.39 is 6.09 Å². The van der Waals surface area contributed by atoms with Gasteiger partial charge in [-0.1, -0.05) is 0 Å². The van der Waals surface area contributed by atoms with Crippen LogP contribution in [-0.2, 0) is 0 Å². The average molecular weight is 531 g/mol. The Balaban J connectivity index is 1.66. The van der Waals surface area contributed by atoms with Gasteiger partial charge in [0.05, 0.1) is 18.1 Å². The molecule has 4 aromatic rings. The summed E-state index contributed by atoms with van der Waals surface area (Å²) in [4.78, 5) is 39.9. The topological polar surface area (TPSA) is 113 Å². The highest BCUT2D eigenvalue weighted by Gasteiger charge is 2.24. The van der Waals surface area contributed by atoms with Gasteiger partial charge in [-0.05, 0) is 64.5 Å². The number of amides is 1. The van der Waals surface area contributed by atoms with Crippen LogP contribution in [0.4, 0.5) is 15.3 Å². The number of carbonyl (C=O) groups excluding carboxylic acids is 1. The van der Waals surface area contributed by atoms with Crippen molar-refractivity contribution in [2.45, 2.75) is 38.8 Å². The first kappa shape index (κ1) is 26.4. The zero-order valence-electron chi connectivity index (χ0n) is 23.2. The van der Waals surface area contributed by atoms with Crippen LogP contribution in [0.5, 0.6) is 0 Å². The summed E-state index contributed by atoms with van der Waals surface area (Å²) in [6, 6.07) is 6.85. The van der Waals surface area contributed by atoms with Crippen molar-refractivity contribution in [1.29, 1.82) is 0 Å². The Labute approximate surface area is 227 Å². The zero-order valence-corrected chi connectivity index (χ0v) is 23.2. The Hall–Kier alpha value is -4.25. The molecule has 1 amide bonds. The number of fused-ring (bicyclic) bond motifs is 1. The molecule has 0 radical (unpaired) electrons. The van der Waals surface area contributed by atoms with Crippen LogP contribution in [0.25, 0.3) is 33.5 Å². The molecule has 11 nitrogen and oxygen atoms in total. The fourth-order valence-corrected chi connectivity index (χ4v) is 5.06. The van der Waals surface area contributed by atoms with E-state index in [-0.39, 0.29) is 17.7 Å². The molecule has 5 rings (SSSR count). The molecule has 39 heavy (non-hydrogen) atoms. The van der Waals surface area contributed by atoms with Crippen LogP contribution in [0.2, 0.25) is 0 Å². The van der Waals surface area contributed by atoms with E-state index in [1.807, 2.05) is 0 Å². The van der Waals surface area contributed by atoms with E-state index in [1.165, 1.54) is 27.5 Å². The van der Waals surface area contributed by atoms with E-state index >= 15 is 0 Å². The molecule has 1 fully saturated rings. The number of hydrogen-bond donors (Lipinski definition) is 1. The van der Waals surface area contributed by atoms with Crippen molar-refractivity contribution in [2.75, 3.05) is 39.6 Å². The van der Waals surface area contributed by atoms with Gasteiger partial charge in [0.1, 0.15) is 5.52 Å². The number of benzene rings is 1. The number of anilines is 1. The normalized spacial score (nSPS) is 16.3. The maximum atomic E-state index is 12.4. The van der Waals surface area contributed by atoms with Crippen LogP contribution >= 0.6 is 0 Å². The van der Waals surface area contributed by atoms with Crippen LogP contribution in [-0.4, -0.2) is 92.1 Å². The first-order chi connectivity index (χ1) is 18.5. The van der Waals surface area contributed by atoms with E-state index in [9.17, 15) is 14.7 Å². The average Bonchev–Trinajstić information content (AvgIpc) is 3.65. The molecule has 1 aliphatic rings. The zero-order chi connectivity index (χ0) is 28.0. The summed E-state index contributed by atoms with van der Waals surface area (Å²) in [5, 5.41) is 14.0. The molecule has 1 saturated heterocycles. The Kier molecular flexibility index (Phi) is 6.85. The molecule has 204 valence electrons. The number of carboxylic acid groups (broad SMARTS) is 1. The Morgan fingerprint density at radius 2 is 1.85 bits per heavy atom. The highest BCUT2D eigenvalue weighted by atomic mass is 16.4. The molecule has 0 aliphatic carbocycles. The van der Waals surface area contributed by atoms with Gasteiger partial charge in [0.25, 0.3) is 0 Å². The first-order valence-corrected chi connectivity index (χ1v) is 13.0. The molecule has 2 atom stereocenters. The van der Waals surface area contributed by atoms with E-state index in [4.69, 9.17) is 4.98 Å². The highest BCUT2D eigenvalue weighted by molar-refractivity contribution is 5.96. The van der Waals surface area contributed by atoms with Gasteiger partial charge in [0.2, 0.25) is 0 Å². The summed E-state index contributed by atoms with van der Waals surface area (Å²) in [5.74, 6) is 0. The van der Waals surface area contributed by atoms with Crippen LogP contribution in [0.1, 0.15) is 38.3 Å². The van der Waals surface area contributed by atoms with E-state index in [2.05, 4.69) is 66.0 Å². The van der Waals surface area contributed by atoms with Crippen LogP contribution < -0.4 is 4.90 Å². The maximum absolute atomic E-state index is 12.4. The van der Waals surface area contributed by atoms with E-state index in [0.717, 1.165) is 35.2 Å². The molecule has 3 aromatic heterocycles. The minimum absolute atomic E-state index is 0.182. The second kappa shape index (κ2) is 10.1. The number of hydrogen-bond acceptors (Lipinski definition) is 7. The van der Waals surface area contributed by atoms with Gasteiger partial charge < -0.3 is 19.8 Å². The summed E-state index contributed by atoms with van der Waals surface area (Å²) in [7, 11) is 7.40. The second-order valence-corrected chi connectivity index (χ2v) is 10.6. The molecular weight excluding hydrogens is 496 g/mol. The van der Waals surface area contributed by atoms with Crippen molar-refractivity contribution < 1.29 is 14.7 Å². The van der Waals surface area contributed by atoms with Gasteiger partial charge in [-0.3, -0.25) is 0 Å². The van der Waals surface area contributed by atoms with Crippen LogP contribution in [0.15, 0.2) is 43.0 Å². The van der Waals surface area contributed by atoms with Crippen LogP contribution in [0, 0.1) is 0 Å².